The van der Waals surface area contributed by atoms with Gasteiger partial charge in [0.2, 0.25) is 0 Å². The van der Waals surface area contributed by atoms with Crippen LogP contribution in [0.3, 0.4) is 0 Å². The molecule has 0 aliphatic rings. The van der Waals surface area contributed by atoms with Gasteiger partial charge < -0.3 is 15.8 Å². The van der Waals surface area contributed by atoms with Crippen LogP contribution < -0.4 is 22.3 Å². The number of nitrogens with two attached hydrogens (primary N) is 1. The van der Waals surface area contributed by atoms with Crippen LogP contribution in [-0.4, -0.2) is 29.3 Å². The molecule has 7 heteroatoms. The van der Waals surface area contributed by atoms with Crippen molar-refractivity contribution in [1.29, 1.82) is 0 Å². The Bertz CT molecular complexity index is 492. The van der Waals surface area contributed by atoms with Crippen LogP contribution in [0.5, 0.6) is 0 Å². The second kappa shape index (κ2) is 6.85. The highest BCUT2D eigenvalue weighted by Gasteiger charge is 2.08. The van der Waals surface area contributed by atoms with Crippen LogP contribution in [0.1, 0.15) is 19.8 Å². The van der Waals surface area contributed by atoms with Crippen LogP contribution in [0, 0.1) is 0 Å². The first-order valence-electron chi connectivity index (χ1n) is 5.98. The Labute approximate surface area is 105 Å². The molecular formula is C11H20N4O3. The Kier molecular flexibility index (Phi) is 5.44. The van der Waals surface area contributed by atoms with Crippen molar-refractivity contribution in [2.45, 2.75) is 19.8 Å². The summed E-state index contributed by atoms with van der Waals surface area (Å²) in [6.45, 7) is 3.75. The molecule has 1 heterocycles. The fourth-order valence-corrected chi connectivity index (χ4v) is 1.40. The minimum atomic E-state index is -0.526. The molecule has 0 atom stereocenters. The summed E-state index contributed by atoms with van der Waals surface area (Å²) in [7, 11) is 1.50. The van der Waals surface area contributed by atoms with E-state index < -0.39 is 11.2 Å². The van der Waals surface area contributed by atoms with Gasteiger partial charge in [0.05, 0.1) is 6.61 Å². The molecule has 0 amide bonds. The summed E-state index contributed by atoms with van der Waals surface area (Å²) in [5.41, 5.74) is 4.86. The number of nitrogens with zero attached hydrogens (tertiary/aromatic N) is 1. The topological polar surface area (TPSA) is 102 Å². The first-order chi connectivity index (χ1) is 8.57. The quantitative estimate of drug-likeness (QED) is 0.590. The van der Waals surface area contributed by atoms with Crippen molar-refractivity contribution in [2.24, 2.45) is 7.05 Å². The first-order valence-corrected chi connectivity index (χ1v) is 5.98. The van der Waals surface area contributed by atoms with E-state index in [-0.39, 0.29) is 11.5 Å². The van der Waals surface area contributed by atoms with Crippen molar-refractivity contribution < 1.29 is 4.74 Å². The van der Waals surface area contributed by atoms with E-state index in [1.54, 1.807) is 0 Å². The van der Waals surface area contributed by atoms with Gasteiger partial charge in [-0.3, -0.25) is 14.3 Å². The highest BCUT2D eigenvalue weighted by molar-refractivity contribution is 5.60. The van der Waals surface area contributed by atoms with Crippen molar-refractivity contribution in [3.8, 4) is 0 Å². The number of aromatic amines is 1. The number of hydrogen-bond acceptors (Lipinski definition) is 5. The summed E-state index contributed by atoms with van der Waals surface area (Å²) in [5.74, 6) is 0.123. The second-order valence-corrected chi connectivity index (χ2v) is 3.97. The van der Waals surface area contributed by atoms with Gasteiger partial charge in [0.25, 0.3) is 5.56 Å². The van der Waals surface area contributed by atoms with E-state index in [0.717, 1.165) is 12.8 Å². The summed E-state index contributed by atoms with van der Waals surface area (Å²) < 4.78 is 6.53. The predicted molar refractivity (Wildman–Crippen MR) is 70.9 cm³/mol. The molecule has 102 valence electrons. The standard InChI is InChI=1S/C11H20N4O3/c1-3-4-6-18-7-5-13-8-9(12)15(2)11(17)14-10(8)16/h13H,3-7,12H2,1-2H3,(H,14,16,17). The van der Waals surface area contributed by atoms with Gasteiger partial charge in [0.1, 0.15) is 11.5 Å². The van der Waals surface area contributed by atoms with Crippen molar-refractivity contribution in [3.63, 3.8) is 0 Å². The SMILES string of the molecule is CCCCOCCNc1c(N)n(C)c(=O)[nH]c1=O. The molecule has 0 bridgehead atoms. The third kappa shape index (κ3) is 3.63. The Balaban J connectivity index is 2.55. The fourth-order valence-electron chi connectivity index (χ4n) is 1.40. The average Bonchev–Trinajstić information content (AvgIpc) is 2.34. The maximum atomic E-state index is 11.5. The molecule has 0 saturated heterocycles. The van der Waals surface area contributed by atoms with Crippen molar-refractivity contribution in [3.05, 3.63) is 20.8 Å². The minimum absolute atomic E-state index is 0.123. The third-order valence-electron chi connectivity index (χ3n) is 2.56. The number of hydrogen-bond donors (Lipinski definition) is 3. The molecule has 1 rings (SSSR count). The number of nitrogens with one attached hydrogen (secondary N) is 2. The summed E-state index contributed by atoms with van der Waals surface area (Å²) >= 11 is 0. The van der Waals surface area contributed by atoms with Crippen LogP contribution in [-0.2, 0) is 11.8 Å². The van der Waals surface area contributed by atoms with Gasteiger partial charge in [-0.25, -0.2) is 4.79 Å². The molecule has 0 radical (unpaired) electrons. The summed E-state index contributed by atoms with van der Waals surface area (Å²) in [6, 6.07) is 0. The molecule has 18 heavy (non-hydrogen) atoms. The van der Waals surface area contributed by atoms with Crippen molar-refractivity contribution >= 4 is 11.5 Å². The van der Waals surface area contributed by atoms with Crippen LogP contribution in [0.2, 0.25) is 0 Å². The van der Waals surface area contributed by atoms with Crippen LogP contribution in [0.25, 0.3) is 0 Å². The zero-order valence-electron chi connectivity index (χ0n) is 10.8. The van der Waals surface area contributed by atoms with Gasteiger partial charge in [0, 0.05) is 20.2 Å². The molecule has 0 spiro atoms. The second-order valence-electron chi connectivity index (χ2n) is 3.97. The van der Waals surface area contributed by atoms with Crippen LogP contribution in [0.4, 0.5) is 11.5 Å². The molecule has 7 nitrogen and oxygen atoms in total. The molecule has 0 unspecified atom stereocenters. The molecular weight excluding hydrogens is 236 g/mol. The van der Waals surface area contributed by atoms with Gasteiger partial charge in [-0.05, 0) is 6.42 Å². The first kappa shape index (κ1) is 14.3. The number of H-pyrrole nitrogens is 1. The number of ether oxygens (including phenoxy) is 1. The van der Waals surface area contributed by atoms with Gasteiger partial charge in [-0.2, -0.15) is 0 Å². The minimum Gasteiger partial charge on any atom is -0.383 e. The lowest BCUT2D eigenvalue weighted by Gasteiger charge is -2.10. The van der Waals surface area contributed by atoms with E-state index in [1.807, 2.05) is 0 Å². The number of rotatable bonds is 7. The number of aromatic nitrogens is 2. The van der Waals surface area contributed by atoms with Gasteiger partial charge in [-0.15, -0.1) is 0 Å². The lowest BCUT2D eigenvalue weighted by atomic mass is 10.4. The fraction of sp³-hybridized carbons (Fsp3) is 0.636. The van der Waals surface area contributed by atoms with E-state index in [1.165, 1.54) is 11.6 Å². The number of anilines is 2. The maximum Gasteiger partial charge on any atom is 0.329 e. The van der Waals surface area contributed by atoms with E-state index in [2.05, 4.69) is 17.2 Å². The van der Waals surface area contributed by atoms with Gasteiger partial charge in [-0.1, -0.05) is 13.3 Å². The Morgan fingerprint density at radius 2 is 2.11 bits per heavy atom. The van der Waals surface area contributed by atoms with E-state index in [4.69, 9.17) is 10.5 Å². The molecule has 0 saturated carbocycles. The van der Waals surface area contributed by atoms with Crippen LogP contribution in [0.15, 0.2) is 9.59 Å². The van der Waals surface area contributed by atoms with E-state index in [0.29, 0.717) is 19.8 Å². The van der Waals surface area contributed by atoms with Gasteiger partial charge >= 0.3 is 5.69 Å². The molecule has 1 aromatic heterocycles. The average molecular weight is 256 g/mol. The highest BCUT2D eigenvalue weighted by atomic mass is 16.5. The Morgan fingerprint density at radius 1 is 1.39 bits per heavy atom. The molecule has 0 aliphatic carbocycles. The molecule has 0 fully saturated rings. The van der Waals surface area contributed by atoms with E-state index >= 15 is 0 Å². The number of nitrogen functional groups attached to an aromatic ring is 1. The molecule has 4 N–H and O–H groups in total. The van der Waals surface area contributed by atoms with Crippen LogP contribution >= 0.6 is 0 Å². The lowest BCUT2D eigenvalue weighted by molar-refractivity contribution is 0.141. The maximum absolute atomic E-state index is 11.5. The number of unbranched alkanes of at least 4 members (excludes halogenated alkanes) is 1. The zero-order chi connectivity index (χ0) is 13.5. The summed E-state index contributed by atoms with van der Waals surface area (Å²) in [6.07, 6.45) is 2.10. The molecule has 0 aromatic carbocycles. The highest BCUT2D eigenvalue weighted by Crippen LogP contribution is 2.07. The predicted octanol–water partition coefficient (Wildman–Crippen LogP) is -0.116. The zero-order valence-corrected chi connectivity index (χ0v) is 10.8. The van der Waals surface area contributed by atoms with Gasteiger partial charge in [0.15, 0.2) is 0 Å². The summed E-state index contributed by atoms with van der Waals surface area (Å²) in [5, 5.41) is 2.87. The lowest BCUT2D eigenvalue weighted by Crippen LogP contribution is -2.33. The molecule has 0 aliphatic heterocycles. The Morgan fingerprint density at radius 3 is 2.78 bits per heavy atom. The van der Waals surface area contributed by atoms with Crippen molar-refractivity contribution in [1.82, 2.24) is 9.55 Å². The Hall–Kier alpha value is -1.76. The monoisotopic (exact) mass is 256 g/mol. The normalized spacial score (nSPS) is 10.6. The summed E-state index contributed by atoms with van der Waals surface area (Å²) in [4.78, 5) is 24.9. The largest absolute Gasteiger partial charge is 0.383 e. The van der Waals surface area contributed by atoms with E-state index in [9.17, 15) is 9.59 Å². The third-order valence-corrected chi connectivity index (χ3v) is 2.56. The van der Waals surface area contributed by atoms with Crippen molar-refractivity contribution in [2.75, 3.05) is 30.8 Å². The smallest absolute Gasteiger partial charge is 0.329 e. The molecule has 1 aromatic rings.